The van der Waals surface area contributed by atoms with E-state index in [0.29, 0.717) is 12.3 Å². The first-order chi connectivity index (χ1) is 14.1. The molecule has 2 aromatic carbocycles. The Morgan fingerprint density at radius 3 is 2.38 bits per heavy atom. The predicted octanol–water partition coefficient (Wildman–Crippen LogP) is 3.74. The highest BCUT2D eigenvalue weighted by Crippen LogP contribution is 2.25. The SMILES string of the molecule is CCN(CC)c1ccc(-c2nnc(SCC(=O)NCc3ccccc3)n2C)cc1. The first-order valence-corrected chi connectivity index (χ1v) is 10.8. The molecule has 0 aliphatic carbocycles. The van der Waals surface area contributed by atoms with Gasteiger partial charge in [0.25, 0.3) is 0 Å². The molecule has 7 heteroatoms. The zero-order chi connectivity index (χ0) is 20.6. The Morgan fingerprint density at radius 1 is 1.03 bits per heavy atom. The van der Waals surface area contributed by atoms with Gasteiger partial charge in [-0.3, -0.25) is 4.79 Å². The minimum atomic E-state index is -0.0213. The Hall–Kier alpha value is -2.80. The molecule has 0 unspecified atom stereocenters. The summed E-state index contributed by atoms with van der Waals surface area (Å²) in [6, 6.07) is 18.2. The van der Waals surface area contributed by atoms with Crippen LogP contribution in [0.2, 0.25) is 0 Å². The van der Waals surface area contributed by atoms with Crippen molar-refractivity contribution in [3.63, 3.8) is 0 Å². The van der Waals surface area contributed by atoms with Crippen molar-refractivity contribution in [2.75, 3.05) is 23.7 Å². The summed E-state index contributed by atoms with van der Waals surface area (Å²) in [5, 5.41) is 12.2. The largest absolute Gasteiger partial charge is 0.372 e. The van der Waals surface area contributed by atoms with Gasteiger partial charge in [-0.1, -0.05) is 42.1 Å². The first-order valence-electron chi connectivity index (χ1n) is 9.80. The van der Waals surface area contributed by atoms with Gasteiger partial charge >= 0.3 is 0 Å². The molecule has 0 saturated carbocycles. The molecule has 0 atom stereocenters. The molecule has 0 aliphatic heterocycles. The van der Waals surface area contributed by atoms with Gasteiger partial charge in [0.15, 0.2) is 11.0 Å². The van der Waals surface area contributed by atoms with Gasteiger partial charge in [-0.25, -0.2) is 0 Å². The number of thioether (sulfide) groups is 1. The maximum Gasteiger partial charge on any atom is 0.230 e. The molecule has 1 aromatic heterocycles. The number of aromatic nitrogens is 3. The zero-order valence-electron chi connectivity index (χ0n) is 17.1. The van der Waals surface area contributed by atoms with Crippen molar-refractivity contribution in [1.29, 1.82) is 0 Å². The van der Waals surface area contributed by atoms with Crippen molar-refractivity contribution >= 4 is 23.4 Å². The lowest BCUT2D eigenvalue weighted by molar-refractivity contribution is -0.118. The zero-order valence-corrected chi connectivity index (χ0v) is 17.9. The van der Waals surface area contributed by atoms with Crippen molar-refractivity contribution in [2.45, 2.75) is 25.5 Å². The summed E-state index contributed by atoms with van der Waals surface area (Å²) >= 11 is 1.39. The number of hydrogen-bond donors (Lipinski definition) is 1. The van der Waals surface area contributed by atoms with Crippen molar-refractivity contribution in [2.24, 2.45) is 7.05 Å². The first kappa shape index (κ1) is 20.9. The van der Waals surface area contributed by atoms with Crippen LogP contribution in [0.5, 0.6) is 0 Å². The molecular formula is C22H27N5OS. The predicted molar refractivity (Wildman–Crippen MR) is 119 cm³/mol. The van der Waals surface area contributed by atoms with Crippen molar-refractivity contribution in [3.05, 3.63) is 60.2 Å². The minimum Gasteiger partial charge on any atom is -0.372 e. The van der Waals surface area contributed by atoms with Gasteiger partial charge in [0.1, 0.15) is 0 Å². The molecule has 3 rings (SSSR count). The second-order valence-corrected chi connectivity index (χ2v) is 7.58. The topological polar surface area (TPSA) is 63.1 Å². The molecular weight excluding hydrogens is 382 g/mol. The second kappa shape index (κ2) is 10.1. The van der Waals surface area contributed by atoms with E-state index < -0.39 is 0 Å². The fourth-order valence-corrected chi connectivity index (χ4v) is 3.82. The van der Waals surface area contributed by atoms with Crippen LogP contribution in [0.1, 0.15) is 19.4 Å². The standard InChI is InChI=1S/C22H27N5OS/c1-4-27(5-2)19-13-11-18(12-14-19)21-24-25-22(26(21)3)29-16-20(28)23-15-17-9-7-6-8-10-17/h6-14H,4-5,15-16H2,1-3H3,(H,23,28). The molecule has 0 spiro atoms. The minimum absolute atomic E-state index is 0.0213. The number of amides is 1. The van der Waals surface area contributed by atoms with Crippen molar-refractivity contribution in [3.8, 4) is 11.4 Å². The van der Waals surface area contributed by atoms with Gasteiger partial charge in [-0.05, 0) is 43.7 Å². The van der Waals surface area contributed by atoms with Gasteiger partial charge in [0.05, 0.1) is 5.75 Å². The van der Waals surface area contributed by atoms with Crippen LogP contribution in [0.3, 0.4) is 0 Å². The summed E-state index contributed by atoms with van der Waals surface area (Å²) in [7, 11) is 1.93. The van der Waals surface area contributed by atoms with Gasteiger partial charge in [-0.15, -0.1) is 10.2 Å². The Morgan fingerprint density at radius 2 is 1.72 bits per heavy atom. The Bertz CT molecular complexity index is 920. The van der Waals surface area contributed by atoms with Crippen LogP contribution in [0.15, 0.2) is 59.8 Å². The number of benzene rings is 2. The summed E-state index contributed by atoms with van der Waals surface area (Å²) in [4.78, 5) is 14.4. The van der Waals surface area contributed by atoms with E-state index in [-0.39, 0.29) is 5.91 Å². The molecule has 1 amide bonds. The number of rotatable bonds is 9. The van der Waals surface area contributed by atoms with E-state index in [4.69, 9.17) is 0 Å². The van der Waals surface area contributed by atoms with E-state index in [9.17, 15) is 4.79 Å². The highest BCUT2D eigenvalue weighted by atomic mass is 32.2. The van der Waals surface area contributed by atoms with Crippen LogP contribution >= 0.6 is 11.8 Å². The van der Waals surface area contributed by atoms with Gasteiger partial charge in [0, 0.05) is 37.9 Å². The molecule has 152 valence electrons. The summed E-state index contributed by atoms with van der Waals surface area (Å²) in [6.07, 6.45) is 0. The fraction of sp³-hybridized carbons (Fsp3) is 0.318. The smallest absolute Gasteiger partial charge is 0.230 e. The molecule has 1 N–H and O–H groups in total. The van der Waals surface area contributed by atoms with Gasteiger partial charge < -0.3 is 14.8 Å². The summed E-state index contributed by atoms with van der Waals surface area (Å²) in [5.41, 5.74) is 3.29. The summed E-state index contributed by atoms with van der Waals surface area (Å²) < 4.78 is 1.93. The van der Waals surface area contributed by atoms with E-state index in [1.807, 2.05) is 41.9 Å². The van der Waals surface area contributed by atoms with E-state index in [1.165, 1.54) is 17.4 Å². The van der Waals surface area contributed by atoms with E-state index in [0.717, 1.165) is 35.2 Å². The third kappa shape index (κ3) is 5.38. The van der Waals surface area contributed by atoms with E-state index in [2.05, 4.69) is 58.5 Å². The Balaban J connectivity index is 1.58. The molecule has 3 aromatic rings. The molecule has 0 fully saturated rings. The normalized spacial score (nSPS) is 10.7. The van der Waals surface area contributed by atoms with Crippen LogP contribution in [0.4, 0.5) is 5.69 Å². The number of nitrogens with one attached hydrogen (secondary N) is 1. The molecule has 1 heterocycles. The molecule has 0 saturated heterocycles. The lowest BCUT2D eigenvalue weighted by Crippen LogP contribution is -2.24. The van der Waals surface area contributed by atoms with Crippen LogP contribution in [-0.2, 0) is 18.4 Å². The highest BCUT2D eigenvalue weighted by Gasteiger charge is 2.13. The number of nitrogens with zero attached hydrogens (tertiary/aromatic N) is 4. The lowest BCUT2D eigenvalue weighted by atomic mass is 10.2. The Kier molecular flexibility index (Phi) is 7.30. The summed E-state index contributed by atoms with van der Waals surface area (Å²) in [5.74, 6) is 1.08. The van der Waals surface area contributed by atoms with Gasteiger partial charge in [-0.2, -0.15) is 0 Å². The number of carbonyl (C=O) groups excluding carboxylic acids is 1. The quantitative estimate of drug-likeness (QED) is 0.546. The van der Waals surface area contributed by atoms with Crippen LogP contribution in [0, 0.1) is 0 Å². The maximum atomic E-state index is 12.1. The molecule has 6 nitrogen and oxygen atoms in total. The second-order valence-electron chi connectivity index (χ2n) is 6.64. The third-order valence-electron chi connectivity index (χ3n) is 4.75. The number of carbonyl (C=O) groups is 1. The molecule has 0 bridgehead atoms. The van der Waals surface area contributed by atoms with Crippen LogP contribution in [-0.4, -0.2) is 39.5 Å². The average Bonchev–Trinajstić information content (AvgIpc) is 3.13. The molecule has 0 aliphatic rings. The van der Waals surface area contributed by atoms with Crippen molar-refractivity contribution < 1.29 is 4.79 Å². The van der Waals surface area contributed by atoms with E-state index in [1.54, 1.807) is 0 Å². The number of anilines is 1. The van der Waals surface area contributed by atoms with Gasteiger partial charge in [0.2, 0.25) is 5.91 Å². The fourth-order valence-electron chi connectivity index (χ4n) is 3.08. The monoisotopic (exact) mass is 409 g/mol. The average molecular weight is 410 g/mol. The molecule has 0 radical (unpaired) electrons. The highest BCUT2D eigenvalue weighted by molar-refractivity contribution is 7.99. The maximum absolute atomic E-state index is 12.1. The lowest BCUT2D eigenvalue weighted by Gasteiger charge is -2.21. The van der Waals surface area contributed by atoms with E-state index >= 15 is 0 Å². The molecule has 29 heavy (non-hydrogen) atoms. The Labute approximate surface area is 176 Å². The van der Waals surface area contributed by atoms with Crippen molar-refractivity contribution in [1.82, 2.24) is 20.1 Å². The van der Waals surface area contributed by atoms with Crippen LogP contribution < -0.4 is 10.2 Å². The summed E-state index contributed by atoms with van der Waals surface area (Å²) in [6.45, 7) is 6.79. The number of hydrogen-bond acceptors (Lipinski definition) is 5. The third-order valence-corrected chi connectivity index (χ3v) is 5.77. The van der Waals surface area contributed by atoms with Crippen LogP contribution in [0.25, 0.3) is 11.4 Å².